The van der Waals surface area contributed by atoms with Gasteiger partial charge in [0.1, 0.15) is 5.82 Å². The van der Waals surface area contributed by atoms with Crippen molar-refractivity contribution in [3.63, 3.8) is 0 Å². The van der Waals surface area contributed by atoms with Gasteiger partial charge in [-0.3, -0.25) is 0 Å². The minimum absolute atomic E-state index is 0.328. The molecular weight excluding hydrogens is 239 g/mol. The van der Waals surface area contributed by atoms with E-state index in [2.05, 4.69) is 21.9 Å². The van der Waals surface area contributed by atoms with E-state index in [1.807, 2.05) is 5.92 Å². The summed E-state index contributed by atoms with van der Waals surface area (Å²) >= 11 is 3.06. The number of rotatable bonds is 0. The molecule has 1 aromatic carbocycles. The number of benzene rings is 1. The van der Waals surface area contributed by atoms with Crippen LogP contribution in [0.3, 0.4) is 0 Å². The number of carbonyl (C=O) groups is 1. The second kappa shape index (κ2) is 4.06. The van der Waals surface area contributed by atoms with Gasteiger partial charge < -0.3 is 5.11 Å². The normalized spacial score (nSPS) is 8.77. The van der Waals surface area contributed by atoms with E-state index in [0.29, 0.717) is 10.0 Å². The molecule has 0 aliphatic rings. The molecule has 0 aliphatic heterocycles. The quantitative estimate of drug-likeness (QED) is 0.708. The van der Waals surface area contributed by atoms with E-state index in [9.17, 15) is 9.18 Å². The monoisotopic (exact) mass is 242 g/mol. The van der Waals surface area contributed by atoms with Crippen LogP contribution in [0.4, 0.5) is 4.39 Å². The van der Waals surface area contributed by atoms with Crippen LogP contribution in [0.1, 0.15) is 5.56 Å². The second-order valence-electron chi connectivity index (χ2n) is 2.21. The highest BCUT2D eigenvalue weighted by molar-refractivity contribution is 9.10. The molecule has 4 heteroatoms. The average molecular weight is 243 g/mol. The van der Waals surface area contributed by atoms with Gasteiger partial charge in [0.2, 0.25) is 0 Å². The third-order valence-corrected chi connectivity index (χ3v) is 1.63. The number of carboxylic acid groups (broad SMARTS) is 1. The summed E-state index contributed by atoms with van der Waals surface area (Å²) in [7, 11) is 0. The minimum atomic E-state index is -1.24. The van der Waals surface area contributed by atoms with Crippen LogP contribution in [0.15, 0.2) is 22.7 Å². The van der Waals surface area contributed by atoms with E-state index in [4.69, 9.17) is 5.11 Å². The first kappa shape index (κ1) is 9.75. The SMILES string of the molecule is O=C(O)C#Cc1cc(F)cc(Br)c1. The highest BCUT2D eigenvalue weighted by Crippen LogP contribution is 2.13. The van der Waals surface area contributed by atoms with Crippen molar-refractivity contribution in [3.05, 3.63) is 34.1 Å². The maximum Gasteiger partial charge on any atom is 0.382 e. The van der Waals surface area contributed by atoms with Crippen molar-refractivity contribution in [1.82, 2.24) is 0 Å². The Labute approximate surface area is 82.5 Å². The van der Waals surface area contributed by atoms with Gasteiger partial charge in [-0.25, -0.2) is 9.18 Å². The predicted octanol–water partition coefficient (Wildman–Crippen LogP) is 2.02. The Morgan fingerprint density at radius 1 is 1.46 bits per heavy atom. The van der Waals surface area contributed by atoms with Gasteiger partial charge in [0.05, 0.1) is 0 Å². The van der Waals surface area contributed by atoms with Crippen LogP contribution < -0.4 is 0 Å². The predicted molar refractivity (Wildman–Crippen MR) is 48.6 cm³/mol. The molecule has 1 aromatic rings. The molecular formula is C9H4BrFO2. The van der Waals surface area contributed by atoms with Gasteiger partial charge in [0.15, 0.2) is 0 Å². The highest BCUT2D eigenvalue weighted by Gasteiger charge is 1.95. The fourth-order valence-electron chi connectivity index (χ4n) is 0.752. The number of hydrogen-bond donors (Lipinski definition) is 1. The van der Waals surface area contributed by atoms with Crippen molar-refractivity contribution >= 4 is 21.9 Å². The summed E-state index contributed by atoms with van der Waals surface area (Å²) in [5.74, 6) is 2.51. The highest BCUT2D eigenvalue weighted by atomic mass is 79.9. The Balaban J connectivity index is 3.04. The number of aliphatic carboxylic acids is 1. The summed E-state index contributed by atoms with van der Waals surface area (Å²) in [6, 6.07) is 3.98. The van der Waals surface area contributed by atoms with Crippen LogP contribution >= 0.6 is 15.9 Å². The van der Waals surface area contributed by atoms with Crippen LogP contribution in [0.25, 0.3) is 0 Å². The first-order chi connectivity index (χ1) is 6.08. The first-order valence-electron chi connectivity index (χ1n) is 3.29. The Bertz CT molecular complexity index is 384. The van der Waals surface area contributed by atoms with Crippen LogP contribution in [-0.2, 0) is 4.79 Å². The average Bonchev–Trinajstić information content (AvgIpc) is 1.99. The molecule has 0 saturated heterocycles. The molecule has 0 radical (unpaired) electrons. The fraction of sp³-hybridized carbons (Fsp3) is 0. The molecule has 0 aromatic heterocycles. The van der Waals surface area contributed by atoms with Crippen LogP contribution in [0, 0.1) is 17.7 Å². The molecule has 0 atom stereocenters. The van der Waals surface area contributed by atoms with E-state index in [1.165, 1.54) is 12.1 Å². The molecule has 0 saturated carbocycles. The summed E-state index contributed by atoms with van der Waals surface area (Å²) in [5.41, 5.74) is 0.328. The third kappa shape index (κ3) is 3.26. The van der Waals surface area contributed by atoms with E-state index in [-0.39, 0.29) is 0 Å². The standard InChI is InChI=1S/C9H4BrFO2/c10-7-3-6(1-2-9(12)13)4-8(11)5-7/h3-5H,(H,12,13). The summed E-state index contributed by atoms with van der Waals surface area (Å²) in [6.07, 6.45) is 0. The fourth-order valence-corrected chi connectivity index (χ4v) is 1.22. The lowest BCUT2D eigenvalue weighted by Gasteiger charge is -1.92. The number of hydrogen-bond acceptors (Lipinski definition) is 1. The Hall–Kier alpha value is -1.34. The maximum atomic E-state index is 12.7. The zero-order valence-corrected chi connectivity index (χ0v) is 7.93. The summed E-state index contributed by atoms with van der Waals surface area (Å²) in [6.45, 7) is 0. The number of halogens is 2. The van der Waals surface area contributed by atoms with Gasteiger partial charge in [-0.15, -0.1) is 0 Å². The Morgan fingerprint density at radius 2 is 2.15 bits per heavy atom. The molecule has 13 heavy (non-hydrogen) atoms. The van der Waals surface area contributed by atoms with Gasteiger partial charge in [0, 0.05) is 16.0 Å². The smallest absolute Gasteiger partial charge is 0.382 e. The van der Waals surface area contributed by atoms with Gasteiger partial charge >= 0.3 is 5.97 Å². The lowest BCUT2D eigenvalue weighted by Crippen LogP contribution is -1.87. The topological polar surface area (TPSA) is 37.3 Å². The van der Waals surface area contributed by atoms with Gasteiger partial charge in [0.25, 0.3) is 0 Å². The van der Waals surface area contributed by atoms with Crippen molar-refractivity contribution < 1.29 is 14.3 Å². The molecule has 0 fully saturated rings. The van der Waals surface area contributed by atoms with Crippen molar-refractivity contribution in [2.24, 2.45) is 0 Å². The Kier molecular flexibility index (Phi) is 3.04. The lowest BCUT2D eigenvalue weighted by atomic mass is 10.2. The van der Waals surface area contributed by atoms with Crippen molar-refractivity contribution in [2.45, 2.75) is 0 Å². The molecule has 2 nitrogen and oxygen atoms in total. The summed E-state index contributed by atoms with van der Waals surface area (Å²) in [5, 5.41) is 8.23. The van der Waals surface area contributed by atoms with Gasteiger partial charge in [-0.1, -0.05) is 21.9 Å². The van der Waals surface area contributed by atoms with Crippen molar-refractivity contribution in [1.29, 1.82) is 0 Å². The van der Waals surface area contributed by atoms with E-state index in [1.54, 1.807) is 6.07 Å². The summed E-state index contributed by atoms with van der Waals surface area (Å²) < 4.78 is 13.2. The lowest BCUT2D eigenvalue weighted by molar-refractivity contribution is -0.130. The molecule has 0 amide bonds. The van der Waals surface area contributed by atoms with Crippen LogP contribution in [-0.4, -0.2) is 11.1 Å². The van der Waals surface area contributed by atoms with Crippen LogP contribution in [0.2, 0.25) is 0 Å². The molecule has 0 spiro atoms. The molecule has 0 heterocycles. The van der Waals surface area contributed by atoms with Crippen molar-refractivity contribution in [2.75, 3.05) is 0 Å². The molecule has 0 aliphatic carbocycles. The van der Waals surface area contributed by atoms with Crippen molar-refractivity contribution in [3.8, 4) is 11.8 Å². The van der Waals surface area contributed by atoms with Gasteiger partial charge in [-0.05, 0) is 18.2 Å². The number of carboxylic acids is 1. The minimum Gasteiger partial charge on any atom is -0.472 e. The van der Waals surface area contributed by atoms with E-state index in [0.717, 1.165) is 0 Å². The zero-order chi connectivity index (χ0) is 9.84. The molecule has 1 N–H and O–H groups in total. The van der Waals surface area contributed by atoms with E-state index >= 15 is 0 Å². The van der Waals surface area contributed by atoms with Crippen LogP contribution in [0.5, 0.6) is 0 Å². The Morgan fingerprint density at radius 3 is 2.69 bits per heavy atom. The van der Waals surface area contributed by atoms with E-state index < -0.39 is 11.8 Å². The second-order valence-corrected chi connectivity index (χ2v) is 3.13. The summed E-state index contributed by atoms with van der Waals surface area (Å²) in [4.78, 5) is 10.1. The zero-order valence-electron chi connectivity index (χ0n) is 6.34. The maximum absolute atomic E-state index is 12.7. The molecule has 0 unspecified atom stereocenters. The van der Waals surface area contributed by atoms with Gasteiger partial charge in [-0.2, -0.15) is 0 Å². The molecule has 0 bridgehead atoms. The molecule has 1 rings (SSSR count). The largest absolute Gasteiger partial charge is 0.472 e. The first-order valence-corrected chi connectivity index (χ1v) is 4.08. The molecule has 66 valence electrons. The third-order valence-electron chi connectivity index (χ3n) is 1.18.